The van der Waals surface area contributed by atoms with E-state index in [0.29, 0.717) is 5.92 Å². The van der Waals surface area contributed by atoms with Crippen LogP contribution in [-0.4, -0.2) is 29.2 Å². The van der Waals surface area contributed by atoms with Gasteiger partial charge < -0.3 is 15.7 Å². The fraction of sp³-hybridized carbons (Fsp3) is 0.833. The van der Waals surface area contributed by atoms with Gasteiger partial charge in [-0.3, -0.25) is 4.79 Å². The molecule has 2 amide bonds. The number of carboxylic acid groups (broad SMARTS) is 1. The molecule has 3 N–H and O–H groups in total. The Bertz CT molecular complexity index is 281. The summed E-state index contributed by atoms with van der Waals surface area (Å²) in [5, 5.41) is 13.9. The largest absolute Gasteiger partial charge is 0.480 e. The molecule has 0 radical (unpaired) electrons. The number of carbonyl (C=O) groups is 2. The Labute approximate surface area is 102 Å². The van der Waals surface area contributed by atoms with Gasteiger partial charge in [-0.1, -0.05) is 26.2 Å². The molecule has 1 aliphatic rings. The van der Waals surface area contributed by atoms with Crippen LogP contribution < -0.4 is 10.6 Å². The molecule has 0 bridgehead atoms. The molecule has 0 spiro atoms. The number of rotatable bonds is 4. The fourth-order valence-corrected chi connectivity index (χ4v) is 2.28. The van der Waals surface area contributed by atoms with Gasteiger partial charge in [0.15, 0.2) is 0 Å². The number of urea groups is 1. The predicted molar refractivity (Wildman–Crippen MR) is 64.8 cm³/mol. The lowest BCUT2D eigenvalue weighted by atomic mass is 9.84. The maximum absolute atomic E-state index is 11.5. The normalized spacial score (nSPS) is 26.0. The Hall–Kier alpha value is -1.26. The second-order valence-electron chi connectivity index (χ2n) is 4.82. The highest BCUT2D eigenvalue weighted by Crippen LogP contribution is 2.26. The number of carboxylic acids is 1. The average molecular weight is 242 g/mol. The summed E-state index contributed by atoms with van der Waals surface area (Å²) in [6.45, 7) is 3.62. The van der Waals surface area contributed by atoms with Crippen molar-refractivity contribution in [3.63, 3.8) is 0 Å². The van der Waals surface area contributed by atoms with E-state index in [1.54, 1.807) is 0 Å². The first kappa shape index (κ1) is 13.8. The molecular weight excluding hydrogens is 220 g/mol. The van der Waals surface area contributed by atoms with Crippen LogP contribution in [0.4, 0.5) is 4.79 Å². The van der Waals surface area contributed by atoms with Crippen molar-refractivity contribution in [3.8, 4) is 0 Å². The van der Waals surface area contributed by atoms with Crippen LogP contribution >= 0.6 is 0 Å². The Balaban J connectivity index is 2.33. The summed E-state index contributed by atoms with van der Waals surface area (Å²) in [5.74, 6) is -0.332. The molecular formula is C12H22N2O3. The zero-order valence-corrected chi connectivity index (χ0v) is 10.5. The predicted octanol–water partition coefficient (Wildman–Crippen LogP) is 1.73. The Morgan fingerprint density at radius 1 is 1.41 bits per heavy atom. The first-order valence-corrected chi connectivity index (χ1v) is 6.32. The van der Waals surface area contributed by atoms with E-state index >= 15 is 0 Å². The molecule has 98 valence electrons. The van der Waals surface area contributed by atoms with Gasteiger partial charge in [-0.15, -0.1) is 0 Å². The van der Waals surface area contributed by atoms with E-state index in [-0.39, 0.29) is 12.1 Å². The third-order valence-corrected chi connectivity index (χ3v) is 3.41. The smallest absolute Gasteiger partial charge is 0.325 e. The van der Waals surface area contributed by atoms with Gasteiger partial charge in [0, 0.05) is 6.04 Å². The summed E-state index contributed by atoms with van der Waals surface area (Å²) in [4.78, 5) is 22.1. The van der Waals surface area contributed by atoms with Crippen LogP contribution in [0.2, 0.25) is 0 Å². The number of nitrogens with one attached hydrogen (secondary N) is 2. The highest BCUT2D eigenvalue weighted by atomic mass is 16.4. The average Bonchev–Trinajstić information content (AvgIpc) is 2.28. The standard InChI is InChI=1S/C12H22N2O3/c1-3-9-5-4-6-10(7-9)14-12(17)13-8(2)11(15)16/h8-10H,3-7H2,1-2H3,(H,15,16)(H2,13,14,17). The molecule has 5 nitrogen and oxygen atoms in total. The van der Waals surface area contributed by atoms with Gasteiger partial charge in [-0.25, -0.2) is 4.79 Å². The van der Waals surface area contributed by atoms with Gasteiger partial charge in [0.2, 0.25) is 0 Å². The van der Waals surface area contributed by atoms with Crippen molar-refractivity contribution in [2.24, 2.45) is 5.92 Å². The molecule has 1 saturated carbocycles. The van der Waals surface area contributed by atoms with Crippen LogP contribution in [0.1, 0.15) is 46.0 Å². The van der Waals surface area contributed by atoms with Crippen LogP contribution in [-0.2, 0) is 4.79 Å². The molecule has 1 aliphatic carbocycles. The zero-order chi connectivity index (χ0) is 12.8. The lowest BCUT2D eigenvalue weighted by Crippen LogP contribution is -2.48. The summed E-state index contributed by atoms with van der Waals surface area (Å²) in [6.07, 6.45) is 5.52. The van der Waals surface area contributed by atoms with Crippen LogP contribution in [0.5, 0.6) is 0 Å². The summed E-state index contributed by atoms with van der Waals surface area (Å²) < 4.78 is 0. The molecule has 0 saturated heterocycles. The molecule has 17 heavy (non-hydrogen) atoms. The summed E-state index contributed by atoms with van der Waals surface area (Å²) in [7, 11) is 0. The Morgan fingerprint density at radius 3 is 2.71 bits per heavy atom. The summed E-state index contributed by atoms with van der Waals surface area (Å²) in [5.41, 5.74) is 0. The van der Waals surface area contributed by atoms with Gasteiger partial charge >= 0.3 is 12.0 Å². The van der Waals surface area contributed by atoms with Crippen molar-refractivity contribution in [1.82, 2.24) is 10.6 Å². The van der Waals surface area contributed by atoms with Gasteiger partial charge in [0.1, 0.15) is 6.04 Å². The number of hydrogen-bond donors (Lipinski definition) is 3. The molecule has 3 unspecified atom stereocenters. The van der Waals surface area contributed by atoms with Gasteiger partial charge in [0.05, 0.1) is 0 Å². The topological polar surface area (TPSA) is 78.4 Å². The van der Waals surface area contributed by atoms with E-state index in [1.807, 2.05) is 0 Å². The Morgan fingerprint density at radius 2 is 2.12 bits per heavy atom. The van der Waals surface area contributed by atoms with Crippen molar-refractivity contribution in [2.45, 2.75) is 58.0 Å². The quantitative estimate of drug-likeness (QED) is 0.702. The van der Waals surface area contributed by atoms with E-state index in [1.165, 1.54) is 13.3 Å². The third-order valence-electron chi connectivity index (χ3n) is 3.41. The van der Waals surface area contributed by atoms with Crippen molar-refractivity contribution in [1.29, 1.82) is 0 Å². The minimum Gasteiger partial charge on any atom is -0.480 e. The van der Waals surface area contributed by atoms with Crippen LogP contribution in [0.25, 0.3) is 0 Å². The van der Waals surface area contributed by atoms with E-state index < -0.39 is 12.0 Å². The van der Waals surface area contributed by atoms with E-state index in [0.717, 1.165) is 25.7 Å². The number of hydrogen-bond acceptors (Lipinski definition) is 2. The first-order valence-electron chi connectivity index (χ1n) is 6.32. The first-order chi connectivity index (χ1) is 8.02. The molecule has 1 rings (SSSR count). The molecule has 0 heterocycles. The lowest BCUT2D eigenvalue weighted by Gasteiger charge is -2.29. The van der Waals surface area contributed by atoms with Crippen LogP contribution in [0.3, 0.4) is 0 Å². The maximum atomic E-state index is 11.5. The zero-order valence-electron chi connectivity index (χ0n) is 10.5. The number of carbonyl (C=O) groups excluding carboxylic acids is 1. The summed E-state index contributed by atoms with van der Waals surface area (Å²) in [6, 6.07) is -1.03. The monoisotopic (exact) mass is 242 g/mol. The molecule has 3 atom stereocenters. The fourth-order valence-electron chi connectivity index (χ4n) is 2.28. The second-order valence-corrected chi connectivity index (χ2v) is 4.82. The molecule has 1 fully saturated rings. The Kier molecular flexibility index (Phi) is 5.25. The van der Waals surface area contributed by atoms with Crippen LogP contribution in [0.15, 0.2) is 0 Å². The minimum absolute atomic E-state index is 0.190. The molecule has 0 aromatic carbocycles. The number of amides is 2. The van der Waals surface area contributed by atoms with Crippen molar-refractivity contribution >= 4 is 12.0 Å². The van der Waals surface area contributed by atoms with Gasteiger partial charge in [0.25, 0.3) is 0 Å². The second kappa shape index (κ2) is 6.47. The summed E-state index contributed by atoms with van der Waals surface area (Å²) >= 11 is 0. The van der Waals surface area contributed by atoms with Gasteiger partial charge in [-0.2, -0.15) is 0 Å². The highest BCUT2D eigenvalue weighted by Gasteiger charge is 2.23. The van der Waals surface area contributed by atoms with Crippen molar-refractivity contribution in [3.05, 3.63) is 0 Å². The molecule has 5 heteroatoms. The van der Waals surface area contributed by atoms with Gasteiger partial charge in [-0.05, 0) is 25.7 Å². The minimum atomic E-state index is -1.02. The number of aliphatic carboxylic acids is 1. The van der Waals surface area contributed by atoms with Crippen molar-refractivity contribution in [2.75, 3.05) is 0 Å². The van der Waals surface area contributed by atoms with Crippen LogP contribution in [0, 0.1) is 5.92 Å². The SMILES string of the molecule is CCC1CCCC(NC(=O)NC(C)C(=O)O)C1. The van der Waals surface area contributed by atoms with E-state index in [2.05, 4.69) is 17.6 Å². The van der Waals surface area contributed by atoms with E-state index in [9.17, 15) is 9.59 Å². The maximum Gasteiger partial charge on any atom is 0.325 e. The van der Waals surface area contributed by atoms with E-state index in [4.69, 9.17) is 5.11 Å². The highest BCUT2D eigenvalue weighted by molar-refractivity contribution is 5.82. The molecule has 0 aromatic heterocycles. The molecule has 0 aliphatic heterocycles. The lowest BCUT2D eigenvalue weighted by molar-refractivity contribution is -0.138. The molecule has 0 aromatic rings. The third kappa shape index (κ3) is 4.63. The van der Waals surface area contributed by atoms with Crippen molar-refractivity contribution < 1.29 is 14.7 Å².